The molecule has 1 atom stereocenters. The van der Waals surface area contributed by atoms with Crippen molar-refractivity contribution >= 4 is 43.1 Å². The molecule has 0 spiro atoms. The van der Waals surface area contributed by atoms with Gasteiger partial charge in [-0.15, -0.1) is 0 Å². The molecule has 0 saturated heterocycles. The first-order chi connectivity index (χ1) is 16.4. The molecule has 0 bridgehead atoms. The Morgan fingerprint density at radius 3 is 2.14 bits per heavy atom. The monoisotopic (exact) mass is 538 g/mol. The number of nitrogens with one attached hydrogen (secondary N) is 1. The van der Waals surface area contributed by atoms with Crippen LogP contribution in [-0.4, -0.2) is 35.5 Å². The molecule has 1 amide bonds. The molecule has 186 valence electrons. The van der Waals surface area contributed by atoms with Gasteiger partial charge >= 0.3 is 0 Å². The Morgan fingerprint density at radius 2 is 1.60 bits per heavy atom. The van der Waals surface area contributed by atoms with Crippen molar-refractivity contribution in [1.29, 1.82) is 0 Å². The normalized spacial score (nSPS) is 12.7. The SMILES string of the molecule is CCC(NC(=O)CN(c1ccc(F)c(Cl)c1)S(=O)(=O)c1ccccc1)c1ccc(S(C)(=O)=O)cc1. The molecule has 0 aromatic heterocycles. The number of benzene rings is 3. The topological polar surface area (TPSA) is 101 Å². The fourth-order valence-electron chi connectivity index (χ4n) is 3.41. The fourth-order valence-corrected chi connectivity index (χ4v) is 5.65. The van der Waals surface area contributed by atoms with Crippen LogP contribution in [-0.2, 0) is 24.7 Å². The van der Waals surface area contributed by atoms with Gasteiger partial charge < -0.3 is 5.32 Å². The van der Waals surface area contributed by atoms with Gasteiger partial charge in [-0.3, -0.25) is 9.10 Å². The van der Waals surface area contributed by atoms with Crippen molar-refractivity contribution in [1.82, 2.24) is 5.32 Å². The highest BCUT2D eigenvalue weighted by atomic mass is 35.5. The first kappa shape index (κ1) is 26.7. The molecule has 1 unspecified atom stereocenters. The van der Waals surface area contributed by atoms with Crippen LogP contribution in [0.1, 0.15) is 24.9 Å². The number of anilines is 1. The Kier molecular flexibility index (Phi) is 8.19. The summed E-state index contributed by atoms with van der Waals surface area (Å²) in [6.45, 7) is 1.24. The van der Waals surface area contributed by atoms with E-state index < -0.39 is 44.2 Å². The van der Waals surface area contributed by atoms with E-state index in [1.165, 1.54) is 30.3 Å². The van der Waals surface area contributed by atoms with Gasteiger partial charge in [-0.1, -0.05) is 48.9 Å². The van der Waals surface area contributed by atoms with E-state index in [1.807, 2.05) is 6.92 Å². The summed E-state index contributed by atoms with van der Waals surface area (Å²) in [6, 6.07) is 16.6. The van der Waals surface area contributed by atoms with Gasteiger partial charge in [-0.2, -0.15) is 0 Å². The molecule has 0 heterocycles. The van der Waals surface area contributed by atoms with Gasteiger partial charge in [0.15, 0.2) is 9.84 Å². The minimum Gasteiger partial charge on any atom is -0.348 e. The second kappa shape index (κ2) is 10.8. The number of hydrogen-bond acceptors (Lipinski definition) is 5. The maximum atomic E-state index is 13.7. The molecule has 3 aromatic rings. The summed E-state index contributed by atoms with van der Waals surface area (Å²) >= 11 is 5.88. The zero-order valence-electron chi connectivity index (χ0n) is 19.0. The summed E-state index contributed by atoms with van der Waals surface area (Å²) < 4.78 is 64.8. The lowest BCUT2D eigenvalue weighted by Gasteiger charge is -2.26. The van der Waals surface area contributed by atoms with Gasteiger partial charge in [0.25, 0.3) is 10.0 Å². The maximum Gasteiger partial charge on any atom is 0.264 e. The smallest absolute Gasteiger partial charge is 0.264 e. The van der Waals surface area contributed by atoms with Crippen molar-refractivity contribution in [3.8, 4) is 0 Å². The zero-order valence-corrected chi connectivity index (χ0v) is 21.4. The van der Waals surface area contributed by atoms with E-state index in [4.69, 9.17) is 11.6 Å². The number of amides is 1. The van der Waals surface area contributed by atoms with Gasteiger partial charge in [0.1, 0.15) is 12.4 Å². The molecule has 0 aliphatic heterocycles. The molecule has 35 heavy (non-hydrogen) atoms. The Bertz CT molecular complexity index is 1410. The Labute approximate surface area is 209 Å². The highest BCUT2D eigenvalue weighted by Crippen LogP contribution is 2.28. The zero-order chi connectivity index (χ0) is 25.8. The van der Waals surface area contributed by atoms with Gasteiger partial charge in [-0.05, 0) is 54.4 Å². The van der Waals surface area contributed by atoms with Crippen LogP contribution >= 0.6 is 11.6 Å². The lowest BCUT2D eigenvalue weighted by atomic mass is 10.0. The molecular formula is C24H24ClFN2O5S2. The molecule has 11 heteroatoms. The first-order valence-electron chi connectivity index (χ1n) is 10.6. The van der Waals surface area contributed by atoms with Crippen LogP contribution in [0.5, 0.6) is 0 Å². The second-order valence-corrected chi connectivity index (χ2v) is 12.1. The number of carbonyl (C=O) groups is 1. The molecule has 0 saturated carbocycles. The standard InChI is InChI=1S/C24H24ClFN2O5S2/c1-3-23(17-9-12-19(13-10-17)34(2,30)31)27-24(29)16-28(18-11-14-22(26)21(25)15-18)35(32,33)20-7-5-4-6-8-20/h4-15,23H,3,16H2,1-2H3,(H,27,29). The van der Waals surface area contributed by atoms with E-state index in [-0.39, 0.29) is 20.5 Å². The van der Waals surface area contributed by atoms with E-state index in [2.05, 4.69) is 5.32 Å². The maximum absolute atomic E-state index is 13.7. The Balaban J connectivity index is 1.90. The molecule has 3 rings (SSSR count). The number of sulfonamides is 1. The predicted molar refractivity (Wildman–Crippen MR) is 133 cm³/mol. The molecule has 7 nitrogen and oxygen atoms in total. The lowest BCUT2D eigenvalue weighted by Crippen LogP contribution is -2.42. The van der Waals surface area contributed by atoms with Crippen molar-refractivity contribution in [2.24, 2.45) is 0 Å². The minimum absolute atomic E-state index is 0.0287. The molecule has 0 fully saturated rings. The van der Waals surface area contributed by atoms with Crippen molar-refractivity contribution in [2.45, 2.75) is 29.2 Å². The molecule has 0 radical (unpaired) electrons. The summed E-state index contributed by atoms with van der Waals surface area (Å²) in [6.07, 6.45) is 1.57. The summed E-state index contributed by atoms with van der Waals surface area (Å²) in [4.78, 5) is 13.1. The van der Waals surface area contributed by atoms with Crippen LogP contribution in [0.15, 0.2) is 82.6 Å². The van der Waals surface area contributed by atoms with Crippen LogP contribution in [0, 0.1) is 5.82 Å². The van der Waals surface area contributed by atoms with Crippen molar-refractivity contribution in [3.63, 3.8) is 0 Å². The van der Waals surface area contributed by atoms with E-state index in [1.54, 1.807) is 30.3 Å². The van der Waals surface area contributed by atoms with Gasteiger partial charge in [0.2, 0.25) is 5.91 Å². The van der Waals surface area contributed by atoms with Crippen LogP contribution in [0.3, 0.4) is 0 Å². The van der Waals surface area contributed by atoms with E-state index >= 15 is 0 Å². The third kappa shape index (κ3) is 6.39. The first-order valence-corrected chi connectivity index (χ1v) is 14.3. The average Bonchev–Trinajstić information content (AvgIpc) is 2.83. The number of sulfone groups is 1. The van der Waals surface area contributed by atoms with Gasteiger partial charge in [0.05, 0.1) is 26.5 Å². The highest BCUT2D eigenvalue weighted by Gasteiger charge is 2.28. The third-order valence-electron chi connectivity index (χ3n) is 5.26. The predicted octanol–water partition coefficient (Wildman–Crippen LogP) is 4.35. The van der Waals surface area contributed by atoms with Crippen LogP contribution in [0.2, 0.25) is 5.02 Å². The largest absolute Gasteiger partial charge is 0.348 e. The van der Waals surface area contributed by atoms with Crippen LogP contribution in [0.25, 0.3) is 0 Å². The van der Waals surface area contributed by atoms with Crippen molar-refractivity contribution < 1.29 is 26.0 Å². The van der Waals surface area contributed by atoms with Crippen molar-refractivity contribution in [3.05, 3.63) is 89.2 Å². The molecular weight excluding hydrogens is 515 g/mol. The summed E-state index contributed by atoms with van der Waals surface area (Å²) in [5, 5.41) is 2.51. The minimum atomic E-state index is -4.18. The Hall–Kier alpha value is -2.95. The number of rotatable bonds is 9. The lowest BCUT2D eigenvalue weighted by molar-refractivity contribution is -0.120. The van der Waals surface area contributed by atoms with Gasteiger partial charge in [0, 0.05) is 6.26 Å². The number of carbonyl (C=O) groups excluding carboxylic acids is 1. The fraction of sp³-hybridized carbons (Fsp3) is 0.208. The summed E-state index contributed by atoms with van der Waals surface area (Å²) in [7, 11) is -7.55. The molecule has 0 aliphatic carbocycles. The van der Waals surface area contributed by atoms with Crippen molar-refractivity contribution in [2.75, 3.05) is 17.1 Å². The molecule has 1 N–H and O–H groups in total. The number of nitrogens with zero attached hydrogens (tertiary/aromatic N) is 1. The highest BCUT2D eigenvalue weighted by molar-refractivity contribution is 7.93. The Morgan fingerprint density at radius 1 is 0.971 bits per heavy atom. The molecule has 0 aliphatic rings. The average molecular weight is 539 g/mol. The third-order valence-corrected chi connectivity index (χ3v) is 8.47. The quantitative estimate of drug-likeness (QED) is 0.436. The summed E-state index contributed by atoms with van der Waals surface area (Å²) in [5.41, 5.74) is 0.691. The van der Waals surface area contributed by atoms with Crippen LogP contribution in [0.4, 0.5) is 10.1 Å². The van der Waals surface area contributed by atoms with Crippen LogP contribution < -0.4 is 9.62 Å². The number of halogens is 2. The second-order valence-electron chi connectivity index (χ2n) is 7.79. The molecule has 3 aromatic carbocycles. The van der Waals surface area contributed by atoms with E-state index in [0.717, 1.165) is 22.7 Å². The summed E-state index contributed by atoms with van der Waals surface area (Å²) in [5.74, 6) is -1.33. The van der Waals surface area contributed by atoms with E-state index in [0.29, 0.717) is 12.0 Å². The van der Waals surface area contributed by atoms with E-state index in [9.17, 15) is 26.0 Å². The number of hydrogen-bond donors (Lipinski definition) is 1. The van der Waals surface area contributed by atoms with Gasteiger partial charge in [-0.25, -0.2) is 21.2 Å².